The summed E-state index contributed by atoms with van der Waals surface area (Å²) in [5, 5.41) is 3.63. The SMILES string of the molecule is CC(=O)c1ccc(NC(=O)CSc2cc(N3C[C@H](C)C[C@H](C)C3)ncn2)cc1. The molecule has 2 aromatic rings. The zero-order valence-electron chi connectivity index (χ0n) is 16.5. The Kier molecular flexibility index (Phi) is 6.67. The minimum absolute atomic E-state index is 0.00508. The molecular weight excluding hydrogens is 372 g/mol. The number of nitrogens with one attached hydrogen (secondary N) is 1. The molecule has 1 saturated heterocycles. The van der Waals surface area contributed by atoms with Crippen molar-refractivity contribution in [1.29, 1.82) is 0 Å². The van der Waals surface area contributed by atoms with Crippen LogP contribution >= 0.6 is 11.8 Å². The van der Waals surface area contributed by atoms with Crippen LogP contribution in [0.1, 0.15) is 37.6 Å². The second kappa shape index (κ2) is 9.19. The predicted molar refractivity (Wildman–Crippen MR) is 113 cm³/mol. The molecule has 0 bridgehead atoms. The number of carbonyl (C=O) groups is 2. The molecule has 0 radical (unpaired) electrons. The molecule has 1 amide bonds. The molecule has 1 aromatic carbocycles. The fourth-order valence-corrected chi connectivity index (χ4v) is 4.22. The van der Waals surface area contributed by atoms with Gasteiger partial charge in [0.15, 0.2) is 5.78 Å². The van der Waals surface area contributed by atoms with E-state index in [9.17, 15) is 9.59 Å². The number of rotatable bonds is 6. The van der Waals surface area contributed by atoms with Crippen LogP contribution in [0.25, 0.3) is 0 Å². The zero-order chi connectivity index (χ0) is 20.1. The predicted octanol–water partition coefficient (Wildman–Crippen LogP) is 3.89. The van der Waals surface area contributed by atoms with Gasteiger partial charge < -0.3 is 10.2 Å². The second-order valence-corrected chi connectivity index (χ2v) is 8.53. The lowest BCUT2D eigenvalue weighted by atomic mass is 9.92. The van der Waals surface area contributed by atoms with Crippen LogP contribution < -0.4 is 10.2 Å². The van der Waals surface area contributed by atoms with Gasteiger partial charge in [0.2, 0.25) is 5.91 Å². The Labute approximate surface area is 170 Å². The van der Waals surface area contributed by atoms with E-state index in [1.807, 2.05) is 6.07 Å². The van der Waals surface area contributed by atoms with Crippen molar-refractivity contribution in [3.05, 3.63) is 42.2 Å². The van der Waals surface area contributed by atoms with Crippen LogP contribution in [0, 0.1) is 11.8 Å². The first-order valence-electron chi connectivity index (χ1n) is 9.51. The molecule has 0 spiro atoms. The number of piperidine rings is 1. The van der Waals surface area contributed by atoms with E-state index in [4.69, 9.17) is 0 Å². The normalized spacial score (nSPS) is 19.3. The summed E-state index contributed by atoms with van der Waals surface area (Å²) in [4.78, 5) is 34.6. The smallest absolute Gasteiger partial charge is 0.234 e. The monoisotopic (exact) mass is 398 g/mol. The molecular formula is C21H26N4O2S. The largest absolute Gasteiger partial charge is 0.356 e. The zero-order valence-corrected chi connectivity index (χ0v) is 17.3. The quantitative estimate of drug-likeness (QED) is 0.452. The number of hydrogen-bond acceptors (Lipinski definition) is 6. The van der Waals surface area contributed by atoms with Crippen molar-refractivity contribution in [2.45, 2.75) is 32.2 Å². The van der Waals surface area contributed by atoms with Gasteiger partial charge >= 0.3 is 0 Å². The summed E-state index contributed by atoms with van der Waals surface area (Å²) in [5.41, 5.74) is 1.30. The van der Waals surface area contributed by atoms with E-state index in [1.54, 1.807) is 30.6 Å². The van der Waals surface area contributed by atoms with Crippen LogP contribution in [0.2, 0.25) is 0 Å². The lowest BCUT2D eigenvalue weighted by molar-refractivity contribution is -0.113. The molecule has 28 heavy (non-hydrogen) atoms. The van der Waals surface area contributed by atoms with Gasteiger partial charge in [0.05, 0.1) is 5.75 Å². The Morgan fingerprint density at radius 2 is 1.82 bits per heavy atom. The Bertz CT molecular complexity index is 831. The highest BCUT2D eigenvalue weighted by Gasteiger charge is 2.23. The molecule has 1 aliphatic heterocycles. The molecule has 3 rings (SSSR count). The Morgan fingerprint density at radius 3 is 2.46 bits per heavy atom. The first-order valence-corrected chi connectivity index (χ1v) is 10.5. The third kappa shape index (κ3) is 5.55. The molecule has 7 heteroatoms. The summed E-state index contributed by atoms with van der Waals surface area (Å²) in [7, 11) is 0. The summed E-state index contributed by atoms with van der Waals surface area (Å²) in [6.45, 7) is 8.06. The molecule has 1 aromatic heterocycles. The van der Waals surface area contributed by atoms with Crippen molar-refractivity contribution in [3.8, 4) is 0 Å². The maximum atomic E-state index is 12.2. The van der Waals surface area contributed by atoms with Gasteiger partial charge in [-0.15, -0.1) is 0 Å². The number of ketones is 1. The van der Waals surface area contributed by atoms with E-state index < -0.39 is 0 Å². The number of benzene rings is 1. The number of Topliss-reactive ketones (excluding diaryl/α,β-unsaturated/α-hetero) is 1. The number of amides is 1. The van der Waals surface area contributed by atoms with Crippen molar-refractivity contribution >= 4 is 35.0 Å². The van der Waals surface area contributed by atoms with Crippen molar-refractivity contribution < 1.29 is 9.59 Å². The first kappa shape index (κ1) is 20.3. The van der Waals surface area contributed by atoms with Gasteiger partial charge in [-0.2, -0.15) is 0 Å². The minimum Gasteiger partial charge on any atom is -0.356 e. The highest BCUT2D eigenvalue weighted by Crippen LogP contribution is 2.27. The highest BCUT2D eigenvalue weighted by molar-refractivity contribution is 7.99. The van der Waals surface area contributed by atoms with Crippen LogP contribution in [0.3, 0.4) is 0 Å². The van der Waals surface area contributed by atoms with E-state index >= 15 is 0 Å². The van der Waals surface area contributed by atoms with E-state index in [-0.39, 0.29) is 17.4 Å². The fraction of sp³-hybridized carbons (Fsp3) is 0.429. The fourth-order valence-electron chi connectivity index (χ4n) is 3.56. The van der Waals surface area contributed by atoms with Crippen molar-refractivity contribution in [1.82, 2.24) is 9.97 Å². The number of thioether (sulfide) groups is 1. The molecule has 0 saturated carbocycles. The third-order valence-electron chi connectivity index (χ3n) is 4.75. The number of hydrogen-bond donors (Lipinski definition) is 1. The lowest BCUT2D eigenvalue weighted by Crippen LogP contribution is -2.39. The Hall–Kier alpha value is -2.41. The van der Waals surface area contributed by atoms with Crippen LogP contribution in [0.15, 0.2) is 41.7 Å². The highest BCUT2D eigenvalue weighted by atomic mass is 32.2. The molecule has 1 N–H and O–H groups in total. The van der Waals surface area contributed by atoms with Crippen LogP contribution in [0.4, 0.5) is 11.5 Å². The van der Waals surface area contributed by atoms with Gasteiger partial charge in [-0.3, -0.25) is 9.59 Å². The van der Waals surface area contributed by atoms with E-state index in [0.717, 1.165) is 23.9 Å². The molecule has 0 aliphatic carbocycles. The summed E-state index contributed by atoms with van der Waals surface area (Å²) in [5.74, 6) is 2.38. The number of carbonyl (C=O) groups excluding carboxylic acids is 2. The van der Waals surface area contributed by atoms with Crippen molar-refractivity contribution in [2.24, 2.45) is 11.8 Å². The standard InChI is InChI=1S/C21H26N4O2S/c1-14-8-15(2)11-25(10-14)19-9-21(23-13-22-19)28-12-20(27)24-18-6-4-17(5-7-18)16(3)26/h4-7,9,13-15H,8,10-12H2,1-3H3,(H,24,27)/t14-,15+. The third-order valence-corrected chi connectivity index (χ3v) is 5.67. The van der Waals surface area contributed by atoms with Crippen LogP contribution in [-0.2, 0) is 4.79 Å². The topological polar surface area (TPSA) is 75.2 Å². The van der Waals surface area contributed by atoms with Gasteiger partial charge in [-0.1, -0.05) is 25.6 Å². The Morgan fingerprint density at radius 1 is 1.14 bits per heavy atom. The summed E-state index contributed by atoms with van der Waals surface area (Å²) < 4.78 is 0. The maximum absolute atomic E-state index is 12.2. The maximum Gasteiger partial charge on any atom is 0.234 e. The minimum atomic E-state index is -0.110. The second-order valence-electron chi connectivity index (χ2n) is 7.54. The van der Waals surface area contributed by atoms with Gasteiger partial charge in [0, 0.05) is 30.4 Å². The number of nitrogens with zero attached hydrogens (tertiary/aromatic N) is 3. The lowest BCUT2D eigenvalue weighted by Gasteiger charge is -2.35. The van der Waals surface area contributed by atoms with Crippen molar-refractivity contribution in [3.63, 3.8) is 0 Å². The molecule has 1 aliphatic rings. The summed E-state index contributed by atoms with van der Waals surface area (Å²) >= 11 is 1.39. The first-order chi connectivity index (χ1) is 13.4. The molecule has 1 fully saturated rings. The molecule has 2 heterocycles. The molecule has 6 nitrogen and oxygen atoms in total. The number of anilines is 2. The summed E-state index contributed by atoms with van der Waals surface area (Å²) in [6.07, 6.45) is 2.82. The Balaban J connectivity index is 1.55. The number of aromatic nitrogens is 2. The molecule has 148 valence electrons. The van der Waals surface area contributed by atoms with Crippen LogP contribution in [0.5, 0.6) is 0 Å². The van der Waals surface area contributed by atoms with Gasteiger partial charge in [0.1, 0.15) is 17.2 Å². The van der Waals surface area contributed by atoms with Gasteiger partial charge in [0.25, 0.3) is 0 Å². The van der Waals surface area contributed by atoms with Crippen LogP contribution in [-0.4, -0.2) is 40.5 Å². The molecule has 2 atom stereocenters. The van der Waals surface area contributed by atoms with Crippen molar-refractivity contribution in [2.75, 3.05) is 29.1 Å². The van der Waals surface area contributed by atoms with E-state index in [1.165, 1.54) is 25.1 Å². The van der Waals surface area contributed by atoms with Gasteiger partial charge in [-0.05, 0) is 49.4 Å². The van der Waals surface area contributed by atoms with E-state index in [2.05, 4.69) is 34.0 Å². The average molecular weight is 399 g/mol. The summed E-state index contributed by atoms with van der Waals surface area (Å²) in [6, 6.07) is 8.86. The molecule has 0 unspecified atom stereocenters. The average Bonchev–Trinajstić information content (AvgIpc) is 2.66. The van der Waals surface area contributed by atoms with Gasteiger partial charge in [-0.25, -0.2) is 9.97 Å². The van der Waals surface area contributed by atoms with E-state index in [0.29, 0.717) is 23.1 Å².